The number of rotatable bonds is 10. The van der Waals surface area contributed by atoms with Crippen LogP contribution in [0.15, 0.2) is 36.7 Å². The Morgan fingerprint density at radius 1 is 1.20 bits per heavy atom. The molecule has 1 atom stereocenters. The number of likely N-dealkylation sites (N-methyl/N-ethyl adjacent to an activating group) is 1. The predicted molar refractivity (Wildman–Crippen MR) is 125 cm³/mol. The minimum atomic E-state index is 0. The molecule has 0 spiro atoms. The van der Waals surface area contributed by atoms with Crippen molar-refractivity contribution in [3.05, 3.63) is 53.3 Å². The summed E-state index contributed by atoms with van der Waals surface area (Å²) in [5.74, 6) is 1.63. The number of likely N-dealkylation sites (tertiary alicyclic amines) is 1. The standard InChI is InChI=1S/C24H35N3O2.ClH/c1-5-27-12-8-10-22(27)18-26(16-20-9-7-11-25-15-20)17-21-14-24(29-6-2)23(28-4)13-19(21)3;/h7,9,11,13-15,22H,5-6,8,10,12,16-18H2,1-4H3;1H. The van der Waals surface area contributed by atoms with Gasteiger partial charge < -0.3 is 9.47 Å². The highest BCUT2D eigenvalue weighted by Gasteiger charge is 2.25. The number of nitrogens with zero attached hydrogens (tertiary/aromatic N) is 3. The SMILES string of the molecule is CCOc1cc(CN(Cc2cccnc2)CC2CCCN2CC)c(C)cc1OC.Cl. The number of hydrogen-bond acceptors (Lipinski definition) is 5. The maximum absolute atomic E-state index is 5.83. The maximum Gasteiger partial charge on any atom is 0.161 e. The minimum absolute atomic E-state index is 0. The Morgan fingerprint density at radius 2 is 2.03 bits per heavy atom. The first kappa shape index (κ1) is 24.4. The highest BCUT2D eigenvalue weighted by Crippen LogP contribution is 2.31. The molecular formula is C24H36ClN3O2. The molecule has 1 aromatic heterocycles. The Bertz CT molecular complexity index is 773. The van der Waals surface area contributed by atoms with Crippen LogP contribution in [0.4, 0.5) is 0 Å². The van der Waals surface area contributed by atoms with Gasteiger partial charge in [-0.25, -0.2) is 0 Å². The van der Waals surface area contributed by atoms with E-state index in [1.165, 1.54) is 36.1 Å². The van der Waals surface area contributed by atoms with Crippen molar-refractivity contribution in [3.63, 3.8) is 0 Å². The normalized spacial score (nSPS) is 16.5. The van der Waals surface area contributed by atoms with Gasteiger partial charge in [0.2, 0.25) is 0 Å². The van der Waals surface area contributed by atoms with Gasteiger partial charge in [-0.05, 0) is 74.7 Å². The van der Waals surface area contributed by atoms with Crippen LogP contribution >= 0.6 is 12.4 Å². The molecule has 0 saturated carbocycles. The second-order valence-corrected chi connectivity index (χ2v) is 7.82. The van der Waals surface area contributed by atoms with Crippen molar-refractivity contribution in [3.8, 4) is 11.5 Å². The summed E-state index contributed by atoms with van der Waals surface area (Å²) < 4.78 is 11.3. The summed E-state index contributed by atoms with van der Waals surface area (Å²) in [6.07, 6.45) is 6.40. The van der Waals surface area contributed by atoms with Crippen molar-refractivity contribution in [2.45, 2.75) is 52.7 Å². The quantitative estimate of drug-likeness (QED) is 0.542. The molecule has 3 rings (SSSR count). The fraction of sp³-hybridized carbons (Fsp3) is 0.542. The number of halogens is 1. The van der Waals surface area contributed by atoms with Crippen molar-refractivity contribution < 1.29 is 9.47 Å². The summed E-state index contributed by atoms with van der Waals surface area (Å²) in [5, 5.41) is 0. The highest BCUT2D eigenvalue weighted by molar-refractivity contribution is 5.85. The van der Waals surface area contributed by atoms with Crippen LogP contribution in [0, 0.1) is 6.92 Å². The van der Waals surface area contributed by atoms with Crippen LogP contribution in [0.1, 0.15) is 43.4 Å². The Labute approximate surface area is 187 Å². The van der Waals surface area contributed by atoms with Gasteiger partial charge in [0.15, 0.2) is 11.5 Å². The molecule has 6 heteroatoms. The average molecular weight is 434 g/mol. The van der Waals surface area contributed by atoms with Crippen LogP contribution in [-0.2, 0) is 13.1 Å². The van der Waals surface area contributed by atoms with E-state index in [1.807, 2.05) is 25.4 Å². The van der Waals surface area contributed by atoms with Crippen LogP contribution in [-0.4, -0.2) is 54.2 Å². The molecule has 0 N–H and O–H groups in total. The zero-order chi connectivity index (χ0) is 20.6. The Kier molecular flexibility index (Phi) is 9.89. The molecule has 0 amide bonds. The molecule has 5 nitrogen and oxygen atoms in total. The molecule has 0 aliphatic carbocycles. The lowest BCUT2D eigenvalue weighted by Gasteiger charge is -2.31. The third-order valence-corrected chi connectivity index (χ3v) is 5.82. The van der Waals surface area contributed by atoms with E-state index in [-0.39, 0.29) is 12.4 Å². The van der Waals surface area contributed by atoms with Gasteiger partial charge in [0.1, 0.15) is 0 Å². The lowest BCUT2D eigenvalue weighted by molar-refractivity contribution is 0.165. The lowest BCUT2D eigenvalue weighted by atomic mass is 10.1. The summed E-state index contributed by atoms with van der Waals surface area (Å²) in [6.45, 7) is 12.3. The van der Waals surface area contributed by atoms with Gasteiger partial charge >= 0.3 is 0 Å². The van der Waals surface area contributed by atoms with Crippen molar-refractivity contribution >= 4 is 12.4 Å². The van der Waals surface area contributed by atoms with Gasteiger partial charge in [-0.1, -0.05) is 13.0 Å². The fourth-order valence-corrected chi connectivity index (χ4v) is 4.29. The van der Waals surface area contributed by atoms with Gasteiger partial charge in [-0.2, -0.15) is 0 Å². The summed E-state index contributed by atoms with van der Waals surface area (Å²) >= 11 is 0. The average Bonchev–Trinajstić information content (AvgIpc) is 3.18. The summed E-state index contributed by atoms with van der Waals surface area (Å²) in [5.41, 5.74) is 3.78. The van der Waals surface area contributed by atoms with Crippen LogP contribution < -0.4 is 9.47 Å². The highest BCUT2D eigenvalue weighted by atomic mass is 35.5. The first-order chi connectivity index (χ1) is 14.1. The maximum atomic E-state index is 5.83. The van der Waals surface area contributed by atoms with Crippen LogP contribution in [0.2, 0.25) is 0 Å². The number of aryl methyl sites for hydroxylation is 1. The number of benzene rings is 1. The molecule has 166 valence electrons. The topological polar surface area (TPSA) is 37.8 Å². The minimum Gasteiger partial charge on any atom is -0.493 e. The van der Waals surface area contributed by atoms with Crippen molar-refractivity contribution in [1.82, 2.24) is 14.8 Å². The predicted octanol–water partition coefficient (Wildman–Crippen LogP) is 4.71. The van der Waals surface area contributed by atoms with Gasteiger partial charge in [0.25, 0.3) is 0 Å². The van der Waals surface area contributed by atoms with E-state index in [1.54, 1.807) is 7.11 Å². The molecule has 30 heavy (non-hydrogen) atoms. The molecule has 1 unspecified atom stereocenters. The Hall–Kier alpha value is -1.82. The number of pyridine rings is 1. The fourth-order valence-electron chi connectivity index (χ4n) is 4.29. The molecule has 1 aliphatic heterocycles. The third-order valence-electron chi connectivity index (χ3n) is 5.82. The number of hydrogen-bond donors (Lipinski definition) is 0. The molecular weight excluding hydrogens is 398 g/mol. The monoisotopic (exact) mass is 433 g/mol. The molecule has 0 radical (unpaired) electrons. The van der Waals surface area contributed by atoms with Crippen LogP contribution in [0.25, 0.3) is 0 Å². The molecule has 2 aromatic rings. The van der Waals surface area contributed by atoms with E-state index < -0.39 is 0 Å². The summed E-state index contributed by atoms with van der Waals surface area (Å²) in [7, 11) is 1.70. The van der Waals surface area contributed by atoms with Gasteiger partial charge in [0, 0.05) is 38.1 Å². The van der Waals surface area contributed by atoms with Gasteiger partial charge in [0.05, 0.1) is 13.7 Å². The first-order valence-electron chi connectivity index (χ1n) is 10.8. The Balaban J connectivity index is 0.00000320. The lowest BCUT2D eigenvalue weighted by Crippen LogP contribution is -2.39. The van der Waals surface area contributed by atoms with Gasteiger partial charge in [-0.3, -0.25) is 14.8 Å². The van der Waals surface area contributed by atoms with Gasteiger partial charge in [-0.15, -0.1) is 12.4 Å². The van der Waals surface area contributed by atoms with E-state index in [9.17, 15) is 0 Å². The molecule has 2 heterocycles. The van der Waals surface area contributed by atoms with E-state index in [0.29, 0.717) is 12.6 Å². The molecule has 1 aromatic carbocycles. The first-order valence-corrected chi connectivity index (χ1v) is 10.8. The summed E-state index contributed by atoms with van der Waals surface area (Å²) in [4.78, 5) is 9.48. The summed E-state index contributed by atoms with van der Waals surface area (Å²) in [6, 6.07) is 9.06. The second-order valence-electron chi connectivity index (χ2n) is 7.82. The van der Waals surface area contributed by atoms with E-state index in [2.05, 4.69) is 46.8 Å². The molecule has 1 aliphatic rings. The van der Waals surface area contributed by atoms with E-state index in [0.717, 1.165) is 37.7 Å². The number of methoxy groups -OCH3 is 1. The number of aromatic nitrogens is 1. The molecule has 1 saturated heterocycles. The van der Waals surface area contributed by atoms with Crippen molar-refractivity contribution in [2.75, 3.05) is 33.4 Å². The molecule has 1 fully saturated rings. The Morgan fingerprint density at radius 3 is 2.70 bits per heavy atom. The van der Waals surface area contributed by atoms with Crippen LogP contribution in [0.3, 0.4) is 0 Å². The number of ether oxygens (including phenoxy) is 2. The van der Waals surface area contributed by atoms with E-state index >= 15 is 0 Å². The third kappa shape index (κ3) is 6.34. The van der Waals surface area contributed by atoms with E-state index in [4.69, 9.17) is 9.47 Å². The zero-order valence-corrected chi connectivity index (χ0v) is 19.6. The van der Waals surface area contributed by atoms with Crippen molar-refractivity contribution in [1.29, 1.82) is 0 Å². The zero-order valence-electron chi connectivity index (χ0n) is 18.8. The second kappa shape index (κ2) is 12.1. The van der Waals surface area contributed by atoms with Crippen LogP contribution in [0.5, 0.6) is 11.5 Å². The smallest absolute Gasteiger partial charge is 0.161 e. The largest absolute Gasteiger partial charge is 0.493 e. The van der Waals surface area contributed by atoms with Crippen molar-refractivity contribution in [2.24, 2.45) is 0 Å². The molecule has 0 bridgehead atoms.